The summed E-state index contributed by atoms with van der Waals surface area (Å²) < 4.78 is 25.7. The second-order valence-electron chi connectivity index (χ2n) is 7.33. The molecule has 3 rings (SSSR count). The Kier molecular flexibility index (Phi) is 7.46. The molecule has 31 heavy (non-hydrogen) atoms. The molecule has 0 N–H and O–H groups in total. The maximum absolute atomic E-state index is 13.5. The van der Waals surface area contributed by atoms with Crippen molar-refractivity contribution >= 4 is 42.4 Å². The third kappa shape index (κ3) is 5.14. The first-order chi connectivity index (χ1) is 14.8. The average molecular weight is 460 g/mol. The van der Waals surface area contributed by atoms with Gasteiger partial charge in [-0.1, -0.05) is 50.3 Å². The fourth-order valence-electron chi connectivity index (χ4n) is 3.40. The third-order valence-electron chi connectivity index (χ3n) is 5.44. The molecule has 0 spiro atoms. The highest BCUT2D eigenvalue weighted by atomic mass is 32.2. The van der Waals surface area contributed by atoms with Gasteiger partial charge in [-0.25, -0.2) is 13.4 Å². The second kappa shape index (κ2) is 9.89. The Balaban J connectivity index is 2.02. The van der Waals surface area contributed by atoms with Crippen LogP contribution in [-0.4, -0.2) is 56.1 Å². The van der Waals surface area contributed by atoms with Crippen LogP contribution in [0.5, 0.6) is 0 Å². The number of hydrogen-bond acceptors (Lipinski definition) is 6. The van der Waals surface area contributed by atoms with Crippen LogP contribution in [0.4, 0.5) is 5.13 Å². The van der Waals surface area contributed by atoms with Gasteiger partial charge in [-0.15, -0.1) is 0 Å². The number of thiazole rings is 1. The van der Waals surface area contributed by atoms with Gasteiger partial charge in [0.1, 0.15) is 0 Å². The summed E-state index contributed by atoms with van der Waals surface area (Å²) in [5.41, 5.74) is 2.31. The number of aryl methyl sites for hydroxylation is 1. The van der Waals surface area contributed by atoms with Crippen LogP contribution in [0, 0.1) is 6.92 Å². The Morgan fingerprint density at radius 3 is 2.39 bits per heavy atom. The number of carbonyl (C=O) groups excluding carboxylic acids is 1. The van der Waals surface area contributed by atoms with E-state index in [1.54, 1.807) is 24.0 Å². The molecule has 0 saturated carbocycles. The lowest BCUT2D eigenvalue weighted by Crippen LogP contribution is -2.39. The molecule has 0 aliphatic rings. The molecule has 1 heterocycles. The van der Waals surface area contributed by atoms with Crippen LogP contribution >= 0.6 is 11.3 Å². The highest BCUT2D eigenvalue weighted by molar-refractivity contribution is 7.91. The predicted molar refractivity (Wildman–Crippen MR) is 128 cm³/mol. The van der Waals surface area contributed by atoms with Gasteiger partial charge < -0.3 is 4.90 Å². The molecule has 2 aromatic carbocycles. The van der Waals surface area contributed by atoms with Crippen molar-refractivity contribution < 1.29 is 13.2 Å². The fourth-order valence-corrected chi connectivity index (χ4v) is 5.39. The molecular weight excluding hydrogens is 430 g/mol. The monoisotopic (exact) mass is 459 g/mol. The molecule has 0 aliphatic carbocycles. The lowest BCUT2D eigenvalue weighted by Gasteiger charge is -2.25. The van der Waals surface area contributed by atoms with E-state index in [-0.39, 0.29) is 16.6 Å². The molecule has 6 nitrogen and oxygen atoms in total. The number of carbonyl (C=O) groups is 1. The van der Waals surface area contributed by atoms with Gasteiger partial charge in [-0.2, -0.15) is 0 Å². The van der Waals surface area contributed by atoms with Gasteiger partial charge >= 0.3 is 0 Å². The summed E-state index contributed by atoms with van der Waals surface area (Å²) in [7, 11) is -3.40. The minimum Gasteiger partial charge on any atom is -0.302 e. The molecular formula is C23H29N3O3S2. The number of fused-ring (bicyclic) bond motifs is 1. The first-order valence-corrected chi connectivity index (χ1v) is 13.0. The van der Waals surface area contributed by atoms with Crippen LogP contribution in [-0.2, 0) is 9.84 Å². The van der Waals surface area contributed by atoms with Crippen molar-refractivity contribution in [2.45, 2.75) is 32.6 Å². The number of sulfone groups is 1. The topological polar surface area (TPSA) is 70.6 Å². The SMILES string of the molecule is CCN(CC)CCN(C(=O)c1cccc(S(=O)(=O)CC)c1)c1nc2c(C)cccc2s1. The van der Waals surface area contributed by atoms with E-state index in [9.17, 15) is 13.2 Å². The van der Waals surface area contributed by atoms with Crippen molar-refractivity contribution in [3.63, 3.8) is 0 Å². The van der Waals surface area contributed by atoms with Gasteiger partial charge in [0.2, 0.25) is 0 Å². The zero-order chi connectivity index (χ0) is 22.6. The first-order valence-electron chi connectivity index (χ1n) is 10.5. The first kappa shape index (κ1) is 23.4. The van der Waals surface area contributed by atoms with Crippen molar-refractivity contribution in [3.8, 4) is 0 Å². The number of amides is 1. The maximum atomic E-state index is 13.5. The van der Waals surface area contributed by atoms with Crippen molar-refractivity contribution in [2.24, 2.45) is 0 Å². The van der Waals surface area contributed by atoms with E-state index < -0.39 is 9.84 Å². The minimum absolute atomic E-state index is 0.00648. The van der Waals surface area contributed by atoms with Crippen LogP contribution in [0.25, 0.3) is 10.2 Å². The number of hydrogen-bond donors (Lipinski definition) is 0. The number of likely N-dealkylation sites (N-methyl/N-ethyl adjacent to an activating group) is 1. The van der Waals surface area contributed by atoms with Gasteiger partial charge in [0, 0.05) is 18.7 Å². The number of aromatic nitrogens is 1. The third-order valence-corrected chi connectivity index (χ3v) is 8.22. The van der Waals surface area contributed by atoms with Crippen molar-refractivity contribution in [3.05, 3.63) is 53.6 Å². The fraction of sp³-hybridized carbons (Fsp3) is 0.391. The Morgan fingerprint density at radius 2 is 1.74 bits per heavy atom. The molecule has 166 valence electrons. The summed E-state index contributed by atoms with van der Waals surface area (Å²) in [4.78, 5) is 22.4. The Hall–Kier alpha value is -2.29. The predicted octanol–water partition coefficient (Wildman–Crippen LogP) is 4.39. The lowest BCUT2D eigenvalue weighted by molar-refractivity contribution is 0.0983. The van der Waals surface area contributed by atoms with Crippen molar-refractivity contribution in [1.82, 2.24) is 9.88 Å². The van der Waals surface area contributed by atoms with Crippen LogP contribution in [0.2, 0.25) is 0 Å². The highest BCUT2D eigenvalue weighted by Gasteiger charge is 2.23. The van der Waals surface area contributed by atoms with Crippen LogP contribution in [0.1, 0.15) is 36.7 Å². The van der Waals surface area contributed by atoms with E-state index in [1.165, 1.54) is 23.5 Å². The number of anilines is 1. The van der Waals surface area contributed by atoms with Crippen LogP contribution < -0.4 is 4.90 Å². The number of rotatable bonds is 9. The molecule has 0 saturated heterocycles. The number of para-hydroxylation sites is 1. The Morgan fingerprint density at radius 1 is 1.03 bits per heavy atom. The standard InChI is InChI=1S/C23H29N3O3S2/c1-5-25(6-2)14-15-26(23-24-21-17(4)10-8-13-20(21)30-23)22(27)18-11-9-12-19(16-18)31(28,29)7-3/h8-13,16H,5-7,14-15H2,1-4H3. The van der Waals surface area contributed by atoms with Gasteiger partial charge in [0.05, 0.1) is 20.9 Å². The summed E-state index contributed by atoms with van der Waals surface area (Å²) in [6, 6.07) is 12.3. The number of benzene rings is 2. The average Bonchev–Trinajstić information content (AvgIpc) is 3.22. The van der Waals surface area contributed by atoms with E-state index in [2.05, 4.69) is 18.7 Å². The van der Waals surface area contributed by atoms with E-state index in [1.807, 2.05) is 25.1 Å². The molecule has 8 heteroatoms. The molecule has 0 aliphatic heterocycles. The van der Waals surface area contributed by atoms with E-state index in [4.69, 9.17) is 4.98 Å². The second-order valence-corrected chi connectivity index (χ2v) is 10.6. The summed E-state index contributed by atoms with van der Waals surface area (Å²) in [5, 5.41) is 0.630. The number of nitrogens with zero attached hydrogens (tertiary/aromatic N) is 3. The summed E-state index contributed by atoms with van der Waals surface area (Å²) in [5.74, 6) is -0.245. The van der Waals surface area contributed by atoms with Crippen LogP contribution in [0.15, 0.2) is 47.4 Å². The van der Waals surface area contributed by atoms with Gasteiger partial charge in [-0.05, 0) is 49.8 Å². The van der Waals surface area contributed by atoms with Crippen molar-refractivity contribution in [1.29, 1.82) is 0 Å². The molecule has 1 aromatic heterocycles. The molecule has 1 amide bonds. The quantitative estimate of drug-likeness (QED) is 0.475. The van der Waals surface area contributed by atoms with Crippen molar-refractivity contribution in [2.75, 3.05) is 36.8 Å². The summed E-state index contributed by atoms with van der Waals surface area (Å²) >= 11 is 1.48. The van der Waals surface area contributed by atoms with E-state index in [0.29, 0.717) is 23.8 Å². The summed E-state index contributed by atoms with van der Waals surface area (Å²) in [6.07, 6.45) is 0. The lowest BCUT2D eigenvalue weighted by atomic mass is 10.2. The molecule has 0 atom stereocenters. The van der Waals surface area contributed by atoms with Gasteiger partial charge in [-0.3, -0.25) is 9.69 Å². The smallest absolute Gasteiger partial charge is 0.260 e. The molecule has 3 aromatic rings. The summed E-state index contributed by atoms with van der Waals surface area (Å²) in [6.45, 7) is 10.8. The Bertz CT molecular complexity index is 1170. The van der Waals surface area contributed by atoms with E-state index in [0.717, 1.165) is 28.9 Å². The normalized spacial score (nSPS) is 11.9. The molecule has 0 unspecified atom stereocenters. The van der Waals surface area contributed by atoms with Crippen LogP contribution in [0.3, 0.4) is 0 Å². The minimum atomic E-state index is -3.40. The van der Waals surface area contributed by atoms with Gasteiger partial charge in [0.25, 0.3) is 5.91 Å². The largest absolute Gasteiger partial charge is 0.302 e. The molecule has 0 bridgehead atoms. The zero-order valence-electron chi connectivity index (χ0n) is 18.5. The molecule has 0 fully saturated rings. The maximum Gasteiger partial charge on any atom is 0.260 e. The van der Waals surface area contributed by atoms with E-state index >= 15 is 0 Å². The molecule has 0 radical (unpaired) electrons. The van der Waals surface area contributed by atoms with Gasteiger partial charge in [0.15, 0.2) is 15.0 Å². The highest BCUT2D eigenvalue weighted by Crippen LogP contribution is 2.31. The Labute approximate surface area is 188 Å². The zero-order valence-corrected chi connectivity index (χ0v) is 20.1.